The van der Waals surface area contributed by atoms with Crippen LogP contribution in [0.1, 0.15) is 66.1 Å². The van der Waals surface area contributed by atoms with Crippen LogP contribution in [0.15, 0.2) is 47.0 Å². The third-order valence-corrected chi connectivity index (χ3v) is 8.37. The number of anilines is 1. The molecule has 3 fully saturated rings. The van der Waals surface area contributed by atoms with Crippen molar-refractivity contribution >= 4 is 17.7 Å². The van der Waals surface area contributed by atoms with E-state index in [4.69, 9.17) is 14.4 Å². The second-order valence-electron chi connectivity index (χ2n) is 11.2. The number of carboxylic acids is 1. The van der Waals surface area contributed by atoms with E-state index in [-0.39, 0.29) is 65.4 Å². The molecular formula is C30H29F4N3O6. The quantitative estimate of drug-likeness (QED) is 0.255. The molecule has 2 saturated heterocycles. The summed E-state index contributed by atoms with van der Waals surface area (Å²) in [5, 5.41) is 15.8. The van der Waals surface area contributed by atoms with Gasteiger partial charge in [-0.2, -0.15) is 0 Å². The number of ether oxygens (including phenoxy) is 2. The van der Waals surface area contributed by atoms with E-state index in [2.05, 4.69) is 15.2 Å². The Morgan fingerprint density at radius 2 is 1.84 bits per heavy atom. The Kier molecular flexibility index (Phi) is 7.75. The Morgan fingerprint density at radius 3 is 2.56 bits per heavy atom. The largest absolute Gasteiger partial charge is 0.573 e. The number of benzene rings is 2. The van der Waals surface area contributed by atoms with Crippen LogP contribution in [-0.4, -0.2) is 52.2 Å². The molecule has 2 N–H and O–H groups in total. The maximum absolute atomic E-state index is 14.5. The fourth-order valence-electron chi connectivity index (χ4n) is 6.23. The van der Waals surface area contributed by atoms with Crippen LogP contribution in [0.2, 0.25) is 0 Å². The summed E-state index contributed by atoms with van der Waals surface area (Å²) in [6.45, 7) is 0.350. The summed E-state index contributed by atoms with van der Waals surface area (Å²) in [6, 6.07) is 8.47. The molecular weight excluding hydrogens is 574 g/mol. The highest BCUT2D eigenvalue weighted by Gasteiger charge is 2.45. The Morgan fingerprint density at radius 1 is 1.07 bits per heavy atom. The van der Waals surface area contributed by atoms with Crippen molar-refractivity contribution in [1.82, 2.24) is 10.1 Å². The van der Waals surface area contributed by atoms with Gasteiger partial charge in [0.25, 0.3) is 0 Å². The van der Waals surface area contributed by atoms with Gasteiger partial charge in [0.05, 0.1) is 24.5 Å². The number of carboxylic acid groups (broad SMARTS) is 1. The molecule has 0 radical (unpaired) electrons. The van der Waals surface area contributed by atoms with Crippen molar-refractivity contribution in [2.45, 2.75) is 69.5 Å². The molecule has 3 unspecified atom stereocenters. The molecule has 3 aromatic rings. The summed E-state index contributed by atoms with van der Waals surface area (Å²) < 4.78 is 69.7. The molecule has 3 heterocycles. The number of nitrogens with zero attached hydrogens (tertiary/aromatic N) is 2. The van der Waals surface area contributed by atoms with Gasteiger partial charge in [0.2, 0.25) is 0 Å². The molecule has 13 heteroatoms. The fraction of sp³-hybridized carbons (Fsp3) is 0.433. The molecule has 43 heavy (non-hydrogen) atoms. The first-order chi connectivity index (χ1) is 20.6. The number of fused-ring (bicyclic) bond motifs is 2. The van der Waals surface area contributed by atoms with Crippen LogP contribution in [0.3, 0.4) is 0 Å². The van der Waals surface area contributed by atoms with Crippen LogP contribution in [0.25, 0.3) is 11.3 Å². The van der Waals surface area contributed by atoms with Gasteiger partial charge in [-0.25, -0.2) is 14.0 Å². The van der Waals surface area contributed by atoms with Crippen molar-refractivity contribution in [3.8, 4) is 17.0 Å². The average molecular weight is 604 g/mol. The number of carbonyl (C=O) groups excluding carboxylic acids is 1. The van der Waals surface area contributed by atoms with Gasteiger partial charge in [-0.05, 0) is 68.9 Å². The minimum Gasteiger partial charge on any atom is -0.478 e. The van der Waals surface area contributed by atoms with Crippen LogP contribution in [0.5, 0.6) is 5.75 Å². The molecule has 3 atom stereocenters. The maximum atomic E-state index is 14.5. The lowest BCUT2D eigenvalue weighted by molar-refractivity contribution is -0.274. The van der Waals surface area contributed by atoms with Gasteiger partial charge in [-0.3, -0.25) is 0 Å². The summed E-state index contributed by atoms with van der Waals surface area (Å²) in [4.78, 5) is 26.1. The van der Waals surface area contributed by atoms with E-state index in [0.29, 0.717) is 11.3 Å². The number of amides is 2. The second-order valence-corrected chi connectivity index (χ2v) is 11.2. The second kappa shape index (κ2) is 11.5. The van der Waals surface area contributed by atoms with E-state index in [1.165, 1.54) is 30.3 Å². The molecule has 9 nitrogen and oxygen atoms in total. The van der Waals surface area contributed by atoms with Crippen molar-refractivity contribution in [2.24, 2.45) is 5.92 Å². The highest BCUT2D eigenvalue weighted by molar-refractivity contribution is 5.92. The SMILES string of the molecule is O=C(O)c1ccc(NC(=O)N2C3CCC(COCc4c(-c5ccccc5OC(F)(F)F)noc4C4CC4)C2CC3)c(F)c1. The smallest absolute Gasteiger partial charge is 0.478 e. The average Bonchev–Trinajstić information content (AvgIpc) is 3.64. The number of para-hydroxylation sites is 1. The number of aromatic nitrogens is 1. The van der Waals surface area contributed by atoms with E-state index < -0.39 is 24.2 Å². The molecule has 228 valence electrons. The summed E-state index contributed by atoms with van der Waals surface area (Å²) in [7, 11) is 0. The van der Waals surface area contributed by atoms with E-state index >= 15 is 0 Å². The first kappa shape index (κ1) is 29.0. The van der Waals surface area contributed by atoms with E-state index in [9.17, 15) is 27.2 Å². The summed E-state index contributed by atoms with van der Waals surface area (Å²) in [6.07, 6.45) is 0.00657. The zero-order chi connectivity index (χ0) is 30.3. The molecule has 3 aliphatic rings. The van der Waals surface area contributed by atoms with E-state index in [0.717, 1.165) is 44.6 Å². The third-order valence-electron chi connectivity index (χ3n) is 8.37. The zero-order valence-electron chi connectivity index (χ0n) is 22.9. The first-order valence-electron chi connectivity index (χ1n) is 14.1. The fourth-order valence-corrected chi connectivity index (χ4v) is 6.23. The molecule has 6 rings (SSSR count). The van der Waals surface area contributed by atoms with Gasteiger partial charge in [0.1, 0.15) is 23.0 Å². The number of piperidine rings is 1. The normalized spacial score (nSPS) is 21.6. The standard InChI is InChI=1S/C30H29F4N3O6/c31-22-13-17(28(38)39)8-11-23(22)35-29(40)37-19-9-7-18(24(37)12-10-19)14-41-15-21-26(36-43-27(21)16-5-6-16)20-3-1-2-4-25(20)42-30(32,33)34/h1-4,8,11,13,16,18-19,24H,5-7,9-10,12,14-15H2,(H,35,40)(H,38,39). The third kappa shape index (κ3) is 6.17. The van der Waals surface area contributed by atoms with Gasteiger partial charge in [0.15, 0.2) is 0 Å². The van der Waals surface area contributed by atoms with Crippen LogP contribution in [0, 0.1) is 11.7 Å². The van der Waals surface area contributed by atoms with E-state index in [1.54, 1.807) is 11.0 Å². The Bertz CT molecular complexity index is 1520. The molecule has 1 aliphatic carbocycles. The highest BCUT2D eigenvalue weighted by Crippen LogP contribution is 2.46. The van der Waals surface area contributed by atoms with Crippen molar-refractivity contribution in [3.63, 3.8) is 0 Å². The minimum atomic E-state index is -4.87. The van der Waals surface area contributed by atoms with Crippen molar-refractivity contribution < 1.29 is 46.3 Å². The lowest BCUT2D eigenvalue weighted by Crippen LogP contribution is -2.51. The van der Waals surface area contributed by atoms with Crippen LogP contribution in [0.4, 0.5) is 28.0 Å². The zero-order valence-corrected chi connectivity index (χ0v) is 22.9. The van der Waals surface area contributed by atoms with Crippen LogP contribution >= 0.6 is 0 Å². The number of urea groups is 1. The van der Waals surface area contributed by atoms with Crippen LogP contribution in [-0.2, 0) is 11.3 Å². The van der Waals surface area contributed by atoms with Crippen molar-refractivity contribution in [1.29, 1.82) is 0 Å². The van der Waals surface area contributed by atoms with Gasteiger partial charge in [-0.1, -0.05) is 17.3 Å². The Balaban J connectivity index is 1.15. The number of halogens is 4. The predicted octanol–water partition coefficient (Wildman–Crippen LogP) is 6.95. The van der Waals surface area contributed by atoms with Gasteiger partial charge >= 0.3 is 18.4 Å². The molecule has 2 aliphatic heterocycles. The number of carbonyl (C=O) groups is 2. The summed E-state index contributed by atoms with van der Waals surface area (Å²) in [5.74, 6) is -1.78. The molecule has 2 aromatic carbocycles. The number of hydrogen-bond donors (Lipinski definition) is 2. The Hall–Kier alpha value is -4.13. The van der Waals surface area contributed by atoms with Gasteiger partial charge in [-0.15, -0.1) is 13.2 Å². The van der Waals surface area contributed by atoms with Crippen molar-refractivity contribution in [2.75, 3.05) is 11.9 Å². The lowest BCUT2D eigenvalue weighted by atomic mass is 9.91. The molecule has 1 saturated carbocycles. The number of alkyl halides is 3. The number of nitrogens with one attached hydrogen (secondary N) is 1. The topological polar surface area (TPSA) is 114 Å². The predicted molar refractivity (Wildman–Crippen MR) is 144 cm³/mol. The monoisotopic (exact) mass is 603 g/mol. The maximum Gasteiger partial charge on any atom is 0.573 e. The minimum absolute atomic E-state index is 0.00103. The number of rotatable bonds is 9. The van der Waals surface area contributed by atoms with Gasteiger partial charge in [0, 0.05) is 35.0 Å². The lowest BCUT2D eigenvalue weighted by Gasteiger charge is -2.40. The summed E-state index contributed by atoms with van der Waals surface area (Å²) >= 11 is 0. The summed E-state index contributed by atoms with van der Waals surface area (Å²) in [5.41, 5.74) is 0.647. The van der Waals surface area contributed by atoms with E-state index in [1.807, 2.05) is 0 Å². The van der Waals surface area contributed by atoms with Crippen LogP contribution < -0.4 is 10.1 Å². The molecule has 1 aromatic heterocycles. The van der Waals surface area contributed by atoms with Crippen molar-refractivity contribution in [3.05, 3.63) is 65.2 Å². The highest BCUT2D eigenvalue weighted by atomic mass is 19.4. The Labute approximate surface area is 243 Å². The number of hydrogen-bond acceptors (Lipinski definition) is 6. The molecule has 2 amide bonds. The molecule has 2 bridgehead atoms. The first-order valence-corrected chi connectivity index (χ1v) is 14.1. The number of aromatic carboxylic acids is 1. The van der Waals surface area contributed by atoms with Gasteiger partial charge < -0.3 is 29.3 Å². The molecule has 0 spiro atoms.